The molecule has 19 heavy (non-hydrogen) atoms. The van der Waals surface area contributed by atoms with Gasteiger partial charge < -0.3 is 5.73 Å². The van der Waals surface area contributed by atoms with Crippen LogP contribution in [0.5, 0.6) is 0 Å². The van der Waals surface area contributed by atoms with Gasteiger partial charge in [-0.3, -0.25) is 10.2 Å². The van der Waals surface area contributed by atoms with E-state index in [1.54, 1.807) is 0 Å². The van der Waals surface area contributed by atoms with Crippen LogP contribution in [0.25, 0.3) is 0 Å². The number of nitrogens with zero attached hydrogens (tertiary/aromatic N) is 1. The van der Waals surface area contributed by atoms with E-state index >= 15 is 0 Å². The molecule has 3 unspecified atom stereocenters. The summed E-state index contributed by atoms with van der Waals surface area (Å²) in [4.78, 5) is 12.2. The molecule has 2 rings (SSSR count). The minimum Gasteiger partial charge on any atom is -0.316 e. The normalized spacial score (nSPS) is 25.8. The van der Waals surface area contributed by atoms with Crippen LogP contribution in [0.4, 0.5) is 0 Å². The lowest BCUT2D eigenvalue weighted by Crippen LogP contribution is -2.55. The third kappa shape index (κ3) is 3.33. The second-order valence-corrected chi connectivity index (χ2v) is 5.40. The second-order valence-electron chi connectivity index (χ2n) is 5.40. The molecule has 0 radical (unpaired) electrons. The van der Waals surface area contributed by atoms with Gasteiger partial charge in [-0.05, 0) is 32.3 Å². The summed E-state index contributed by atoms with van der Waals surface area (Å²) in [6, 6.07) is 9.61. The maximum atomic E-state index is 12.2. The van der Waals surface area contributed by atoms with Crippen molar-refractivity contribution in [3.63, 3.8) is 0 Å². The van der Waals surface area contributed by atoms with Gasteiger partial charge in [0.25, 0.3) is 5.91 Å². The quantitative estimate of drug-likeness (QED) is 0.874. The lowest BCUT2D eigenvalue weighted by molar-refractivity contribution is -0.130. The number of rotatable bonds is 3. The van der Waals surface area contributed by atoms with E-state index in [-0.39, 0.29) is 5.91 Å². The number of carbonyl (C=O) groups is 1. The van der Waals surface area contributed by atoms with Gasteiger partial charge in [-0.25, -0.2) is 5.01 Å². The van der Waals surface area contributed by atoms with Crippen molar-refractivity contribution < 1.29 is 4.79 Å². The fourth-order valence-electron chi connectivity index (χ4n) is 2.65. The predicted octanol–water partition coefficient (Wildman–Crippen LogP) is 1.98. The van der Waals surface area contributed by atoms with E-state index in [1.165, 1.54) is 6.42 Å². The first kappa shape index (κ1) is 14.0. The largest absolute Gasteiger partial charge is 0.316 e. The van der Waals surface area contributed by atoms with Crippen LogP contribution in [0.1, 0.15) is 44.7 Å². The Morgan fingerprint density at radius 1 is 1.26 bits per heavy atom. The van der Waals surface area contributed by atoms with E-state index in [9.17, 15) is 4.79 Å². The molecule has 1 aliphatic rings. The van der Waals surface area contributed by atoms with Gasteiger partial charge in [-0.1, -0.05) is 36.8 Å². The molecule has 1 amide bonds. The first-order chi connectivity index (χ1) is 9.09. The van der Waals surface area contributed by atoms with E-state index in [2.05, 4.69) is 24.3 Å². The lowest BCUT2D eigenvalue weighted by atomic mass is 9.99. The van der Waals surface area contributed by atoms with Gasteiger partial charge >= 0.3 is 0 Å². The Kier molecular flexibility index (Phi) is 4.56. The lowest BCUT2D eigenvalue weighted by Gasteiger charge is -2.39. The van der Waals surface area contributed by atoms with Crippen molar-refractivity contribution in [1.29, 1.82) is 0 Å². The first-order valence-electron chi connectivity index (χ1n) is 6.99. The molecule has 0 aromatic heterocycles. The van der Waals surface area contributed by atoms with Crippen LogP contribution in [0, 0.1) is 0 Å². The van der Waals surface area contributed by atoms with Crippen molar-refractivity contribution >= 4 is 5.91 Å². The molecule has 1 aromatic rings. The molecule has 0 saturated carbocycles. The van der Waals surface area contributed by atoms with Crippen LogP contribution in [0.3, 0.4) is 0 Å². The maximum absolute atomic E-state index is 12.2. The van der Waals surface area contributed by atoms with Crippen LogP contribution < -0.4 is 11.2 Å². The number of nitrogens with one attached hydrogen (secondary N) is 1. The molecule has 104 valence electrons. The average molecular weight is 261 g/mol. The van der Waals surface area contributed by atoms with Gasteiger partial charge in [0.15, 0.2) is 0 Å². The number of piperidine rings is 1. The van der Waals surface area contributed by atoms with E-state index in [0.717, 1.165) is 18.4 Å². The Balaban J connectivity index is 2.00. The Labute approximate surface area is 114 Å². The van der Waals surface area contributed by atoms with Crippen molar-refractivity contribution in [2.75, 3.05) is 0 Å². The summed E-state index contributed by atoms with van der Waals surface area (Å²) in [5.74, 6) is -0.133. The number of hydrogen-bond acceptors (Lipinski definition) is 3. The topological polar surface area (TPSA) is 58.4 Å². The van der Waals surface area contributed by atoms with Gasteiger partial charge in [0.1, 0.15) is 6.04 Å². The highest BCUT2D eigenvalue weighted by molar-refractivity contribution is 5.82. The van der Waals surface area contributed by atoms with Crippen LogP contribution in [-0.2, 0) is 4.79 Å². The zero-order valence-electron chi connectivity index (χ0n) is 11.7. The van der Waals surface area contributed by atoms with Crippen molar-refractivity contribution in [2.45, 2.75) is 51.2 Å². The maximum Gasteiger partial charge on any atom is 0.255 e. The molecule has 1 saturated heterocycles. The van der Waals surface area contributed by atoms with E-state index in [1.807, 2.05) is 30.3 Å². The smallest absolute Gasteiger partial charge is 0.255 e. The summed E-state index contributed by atoms with van der Waals surface area (Å²) in [6.45, 7) is 4.29. The fraction of sp³-hybridized carbons (Fsp3) is 0.533. The van der Waals surface area contributed by atoms with Gasteiger partial charge in [-0.2, -0.15) is 0 Å². The zero-order chi connectivity index (χ0) is 13.8. The van der Waals surface area contributed by atoms with Crippen molar-refractivity contribution in [2.24, 2.45) is 5.73 Å². The SMILES string of the molecule is CC1CCCC(C)N1NC(=O)C(N)c1ccccc1. The van der Waals surface area contributed by atoms with Crippen LogP contribution >= 0.6 is 0 Å². The van der Waals surface area contributed by atoms with Crippen molar-refractivity contribution in [1.82, 2.24) is 10.4 Å². The minimum atomic E-state index is -0.609. The van der Waals surface area contributed by atoms with Gasteiger partial charge in [0, 0.05) is 12.1 Å². The fourth-order valence-corrected chi connectivity index (χ4v) is 2.65. The molecule has 4 heteroatoms. The number of nitrogens with two attached hydrogens (primary N) is 1. The van der Waals surface area contributed by atoms with Crippen LogP contribution in [-0.4, -0.2) is 23.0 Å². The summed E-state index contributed by atoms with van der Waals surface area (Å²) in [5, 5.41) is 2.05. The Morgan fingerprint density at radius 2 is 1.84 bits per heavy atom. The molecule has 1 fully saturated rings. The summed E-state index contributed by atoms with van der Waals surface area (Å²) >= 11 is 0. The predicted molar refractivity (Wildman–Crippen MR) is 76.1 cm³/mol. The molecular weight excluding hydrogens is 238 g/mol. The van der Waals surface area contributed by atoms with E-state index in [0.29, 0.717) is 12.1 Å². The van der Waals surface area contributed by atoms with Crippen LogP contribution in [0.2, 0.25) is 0 Å². The molecule has 1 aliphatic heterocycles. The third-order valence-electron chi connectivity index (χ3n) is 3.87. The highest BCUT2D eigenvalue weighted by Crippen LogP contribution is 2.21. The summed E-state index contributed by atoms with van der Waals surface area (Å²) in [5.41, 5.74) is 9.84. The summed E-state index contributed by atoms with van der Waals surface area (Å²) in [6.07, 6.45) is 3.45. The number of hydrazine groups is 1. The Bertz CT molecular complexity index is 411. The first-order valence-corrected chi connectivity index (χ1v) is 6.99. The molecule has 4 nitrogen and oxygen atoms in total. The van der Waals surface area contributed by atoms with Gasteiger partial charge in [0.05, 0.1) is 0 Å². The molecule has 3 N–H and O–H groups in total. The summed E-state index contributed by atoms with van der Waals surface area (Å²) in [7, 11) is 0. The number of carbonyl (C=O) groups excluding carboxylic acids is 1. The Hall–Kier alpha value is -1.39. The molecule has 3 atom stereocenters. The highest BCUT2D eigenvalue weighted by atomic mass is 16.2. The Morgan fingerprint density at radius 3 is 2.42 bits per heavy atom. The van der Waals surface area contributed by atoms with Crippen LogP contribution in [0.15, 0.2) is 30.3 Å². The average Bonchev–Trinajstić information content (AvgIpc) is 2.43. The van der Waals surface area contributed by atoms with Gasteiger partial charge in [-0.15, -0.1) is 0 Å². The van der Waals surface area contributed by atoms with Crippen molar-refractivity contribution in [3.05, 3.63) is 35.9 Å². The molecular formula is C15H23N3O. The summed E-state index contributed by atoms with van der Waals surface area (Å²) < 4.78 is 0. The zero-order valence-corrected chi connectivity index (χ0v) is 11.7. The third-order valence-corrected chi connectivity index (χ3v) is 3.87. The molecule has 1 heterocycles. The molecule has 0 spiro atoms. The molecule has 1 aromatic carbocycles. The molecule has 0 aliphatic carbocycles. The number of benzene rings is 1. The van der Waals surface area contributed by atoms with E-state index in [4.69, 9.17) is 5.73 Å². The minimum absolute atomic E-state index is 0.133. The second kappa shape index (κ2) is 6.17. The van der Waals surface area contributed by atoms with Gasteiger partial charge in [0.2, 0.25) is 0 Å². The number of hydrogen-bond donors (Lipinski definition) is 2. The number of amides is 1. The van der Waals surface area contributed by atoms with E-state index < -0.39 is 6.04 Å². The standard InChI is InChI=1S/C15H23N3O/c1-11-7-6-8-12(2)18(11)17-15(19)14(16)13-9-4-3-5-10-13/h3-5,9-12,14H,6-8,16H2,1-2H3,(H,17,19). The molecule has 0 bridgehead atoms. The monoisotopic (exact) mass is 261 g/mol. The van der Waals surface area contributed by atoms with Crippen molar-refractivity contribution in [3.8, 4) is 0 Å². The highest BCUT2D eigenvalue weighted by Gasteiger charge is 2.27.